The Labute approximate surface area is 56.7 Å². The maximum Gasteiger partial charge on any atom is 0.0755 e. The molecule has 1 rings (SSSR count). The molecule has 0 unspecified atom stereocenters. The first-order valence-corrected chi connectivity index (χ1v) is 3.71. The normalized spacial score (nSPS) is 26.6. The van der Waals surface area contributed by atoms with Crippen LogP contribution in [0.25, 0.3) is 0 Å². The van der Waals surface area contributed by atoms with E-state index in [-0.39, 0.29) is 0 Å². The van der Waals surface area contributed by atoms with Gasteiger partial charge in [0, 0.05) is 0 Å². The second kappa shape index (κ2) is 3.67. The smallest absolute Gasteiger partial charge is 0.0755 e. The lowest BCUT2D eigenvalue weighted by atomic mass is 10.1. The van der Waals surface area contributed by atoms with Crippen LogP contribution in [0, 0.1) is 0 Å². The molecule has 9 heavy (non-hydrogen) atoms. The zero-order valence-corrected chi connectivity index (χ0v) is 5.97. The highest BCUT2D eigenvalue weighted by Crippen LogP contribution is 2.09. The Balaban J connectivity index is 2.23. The van der Waals surface area contributed by atoms with E-state index in [1.165, 1.54) is 12.8 Å². The fourth-order valence-electron chi connectivity index (χ4n) is 1.06. The van der Waals surface area contributed by atoms with Crippen molar-refractivity contribution in [1.29, 1.82) is 0 Å². The molecule has 0 fully saturated rings. The molecule has 0 N–H and O–H groups in total. The Morgan fingerprint density at radius 2 is 2.56 bits per heavy atom. The van der Waals surface area contributed by atoms with E-state index in [4.69, 9.17) is 4.74 Å². The summed E-state index contributed by atoms with van der Waals surface area (Å²) < 4.78 is 5.43. The molecule has 0 aromatic rings. The maximum absolute atomic E-state index is 5.43. The standard InChI is InChI=1S/C8H14O/c1-2-5-8-6-3-4-7-9-8/h3,6,8H,2,4-5,7H2,1H3/t8-/m0/s1. The van der Waals surface area contributed by atoms with Gasteiger partial charge in [-0.3, -0.25) is 0 Å². The van der Waals surface area contributed by atoms with E-state index in [0.29, 0.717) is 6.10 Å². The van der Waals surface area contributed by atoms with Crippen LogP contribution in [-0.4, -0.2) is 12.7 Å². The average molecular weight is 126 g/mol. The minimum Gasteiger partial charge on any atom is -0.374 e. The third-order valence-electron chi connectivity index (χ3n) is 1.54. The van der Waals surface area contributed by atoms with E-state index in [9.17, 15) is 0 Å². The Morgan fingerprint density at radius 1 is 1.67 bits per heavy atom. The van der Waals surface area contributed by atoms with Crippen LogP contribution in [0.5, 0.6) is 0 Å². The highest BCUT2D eigenvalue weighted by molar-refractivity contribution is 4.92. The molecule has 0 amide bonds. The Morgan fingerprint density at radius 3 is 3.11 bits per heavy atom. The highest BCUT2D eigenvalue weighted by Gasteiger charge is 2.05. The van der Waals surface area contributed by atoms with Crippen molar-refractivity contribution < 1.29 is 4.74 Å². The van der Waals surface area contributed by atoms with Crippen LogP contribution >= 0.6 is 0 Å². The van der Waals surface area contributed by atoms with Crippen LogP contribution in [0.15, 0.2) is 12.2 Å². The summed E-state index contributed by atoms with van der Waals surface area (Å²) in [4.78, 5) is 0. The fourth-order valence-corrected chi connectivity index (χ4v) is 1.06. The van der Waals surface area contributed by atoms with Gasteiger partial charge in [0.05, 0.1) is 12.7 Å². The van der Waals surface area contributed by atoms with Gasteiger partial charge in [-0.2, -0.15) is 0 Å². The van der Waals surface area contributed by atoms with Gasteiger partial charge in [-0.05, 0) is 12.8 Å². The number of ether oxygens (including phenoxy) is 1. The van der Waals surface area contributed by atoms with Crippen molar-refractivity contribution in [2.45, 2.75) is 32.3 Å². The SMILES string of the molecule is CCC[C@H]1C=CCCO1. The Kier molecular flexibility index (Phi) is 2.78. The van der Waals surface area contributed by atoms with Gasteiger partial charge in [0.2, 0.25) is 0 Å². The van der Waals surface area contributed by atoms with Crippen molar-refractivity contribution >= 4 is 0 Å². The van der Waals surface area contributed by atoms with E-state index in [2.05, 4.69) is 19.1 Å². The molecule has 0 radical (unpaired) electrons. The summed E-state index contributed by atoms with van der Waals surface area (Å²) in [5.74, 6) is 0. The molecular formula is C8H14O. The molecule has 1 aliphatic rings. The summed E-state index contributed by atoms with van der Waals surface area (Å²) in [6.07, 6.45) is 8.30. The summed E-state index contributed by atoms with van der Waals surface area (Å²) in [5, 5.41) is 0. The van der Waals surface area contributed by atoms with E-state index in [1.807, 2.05) is 0 Å². The summed E-state index contributed by atoms with van der Waals surface area (Å²) >= 11 is 0. The van der Waals surface area contributed by atoms with Crippen LogP contribution in [-0.2, 0) is 4.74 Å². The van der Waals surface area contributed by atoms with E-state index in [1.54, 1.807) is 0 Å². The number of hydrogen-bond acceptors (Lipinski definition) is 1. The molecule has 1 nitrogen and oxygen atoms in total. The lowest BCUT2D eigenvalue weighted by Gasteiger charge is -2.15. The molecule has 0 spiro atoms. The summed E-state index contributed by atoms with van der Waals surface area (Å²) in [6, 6.07) is 0. The second-order valence-corrected chi connectivity index (χ2v) is 2.41. The summed E-state index contributed by atoms with van der Waals surface area (Å²) in [5.41, 5.74) is 0. The molecular weight excluding hydrogens is 112 g/mol. The quantitative estimate of drug-likeness (QED) is 0.515. The van der Waals surface area contributed by atoms with Crippen LogP contribution < -0.4 is 0 Å². The zero-order valence-electron chi connectivity index (χ0n) is 5.97. The number of rotatable bonds is 2. The van der Waals surface area contributed by atoms with Gasteiger partial charge in [-0.15, -0.1) is 0 Å². The monoisotopic (exact) mass is 126 g/mol. The van der Waals surface area contributed by atoms with E-state index >= 15 is 0 Å². The highest BCUT2D eigenvalue weighted by atomic mass is 16.5. The van der Waals surface area contributed by atoms with Crippen molar-refractivity contribution in [2.24, 2.45) is 0 Å². The molecule has 1 heterocycles. The van der Waals surface area contributed by atoms with Gasteiger partial charge < -0.3 is 4.74 Å². The van der Waals surface area contributed by atoms with Crippen molar-refractivity contribution in [3.05, 3.63) is 12.2 Å². The molecule has 0 saturated carbocycles. The third kappa shape index (κ3) is 2.19. The van der Waals surface area contributed by atoms with Gasteiger partial charge in [-0.25, -0.2) is 0 Å². The molecule has 1 heteroatoms. The van der Waals surface area contributed by atoms with Crippen molar-refractivity contribution in [2.75, 3.05) is 6.61 Å². The third-order valence-corrected chi connectivity index (χ3v) is 1.54. The molecule has 0 saturated heterocycles. The first-order valence-electron chi connectivity index (χ1n) is 3.71. The predicted octanol–water partition coefficient (Wildman–Crippen LogP) is 2.13. The molecule has 52 valence electrons. The minimum absolute atomic E-state index is 0.420. The summed E-state index contributed by atoms with van der Waals surface area (Å²) in [6.45, 7) is 3.10. The first kappa shape index (κ1) is 6.81. The lowest BCUT2D eigenvalue weighted by molar-refractivity contribution is 0.0739. The topological polar surface area (TPSA) is 9.23 Å². The van der Waals surface area contributed by atoms with Crippen LogP contribution in [0.4, 0.5) is 0 Å². The summed E-state index contributed by atoms with van der Waals surface area (Å²) in [7, 11) is 0. The zero-order chi connectivity index (χ0) is 6.53. The second-order valence-electron chi connectivity index (χ2n) is 2.41. The predicted molar refractivity (Wildman–Crippen MR) is 38.4 cm³/mol. The first-order chi connectivity index (χ1) is 4.43. The van der Waals surface area contributed by atoms with Crippen molar-refractivity contribution in [3.8, 4) is 0 Å². The molecule has 1 aliphatic heterocycles. The molecule has 0 aromatic heterocycles. The van der Waals surface area contributed by atoms with Crippen molar-refractivity contribution in [3.63, 3.8) is 0 Å². The average Bonchev–Trinajstić information content (AvgIpc) is 1.91. The van der Waals surface area contributed by atoms with Gasteiger partial charge >= 0.3 is 0 Å². The van der Waals surface area contributed by atoms with Crippen LogP contribution in [0.3, 0.4) is 0 Å². The van der Waals surface area contributed by atoms with Gasteiger partial charge in [0.25, 0.3) is 0 Å². The maximum atomic E-state index is 5.43. The minimum atomic E-state index is 0.420. The van der Waals surface area contributed by atoms with Gasteiger partial charge in [-0.1, -0.05) is 25.5 Å². The Hall–Kier alpha value is -0.300. The van der Waals surface area contributed by atoms with Crippen LogP contribution in [0.2, 0.25) is 0 Å². The fraction of sp³-hybridized carbons (Fsp3) is 0.750. The largest absolute Gasteiger partial charge is 0.374 e. The Bertz CT molecular complexity index is 96.7. The van der Waals surface area contributed by atoms with E-state index in [0.717, 1.165) is 13.0 Å². The molecule has 0 bridgehead atoms. The molecule has 1 atom stereocenters. The van der Waals surface area contributed by atoms with Gasteiger partial charge in [0.1, 0.15) is 0 Å². The van der Waals surface area contributed by atoms with Crippen LogP contribution in [0.1, 0.15) is 26.2 Å². The lowest BCUT2D eigenvalue weighted by Crippen LogP contribution is -2.13. The van der Waals surface area contributed by atoms with Crippen molar-refractivity contribution in [1.82, 2.24) is 0 Å². The van der Waals surface area contributed by atoms with Gasteiger partial charge in [0.15, 0.2) is 0 Å². The van der Waals surface area contributed by atoms with E-state index < -0.39 is 0 Å². The molecule has 0 aromatic carbocycles. The number of hydrogen-bond donors (Lipinski definition) is 0. The molecule has 0 aliphatic carbocycles.